The Kier molecular flexibility index (Phi) is 5.25. The van der Waals surface area contributed by atoms with Gasteiger partial charge in [0.1, 0.15) is 4.60 Å². The molecule has 2 aromatic heterocycles. The number of aromatic nitrogens is 3. The van der Waals surface area contributed by atoms with E-state index >= 15 is 0 Å². The SMILES string of the molecule is CC(C)(C)[C@H](Cn1nc(Br)c(F)c1Br)n1ccc(=O)c([C]=O)c1. The van der Waals surface area contributed by atoms with E-state index in [2.05, 4.69) is 37.0 Å². The van der Waals surface area contributed by atoms with E-state index in [0.717, 1.165) is 0 Å². The Hall–Kier alpha value is -1.28. The van der Waals surface area contributed by atoms with Crippen LogP contribution in [0.2, 0.25) is 0 Å². The van der Waals surface area contributed by atoms with E-state index in [4.69, 9.17) is 0 Å². The van der Waals surface area contributed by atoms with Crippen LogP contribution >= 0.6 is 31.9 Å². The summed E-state index contributed by atoms with van der Waals surface area (Å²) in [6.45, 7) is 6.41. The molecule has 123 valence electrons. The van der Waals surface area contributed by atoms with Crippen LogP contribution < -0.4 is 5.43 Å². The van der Waals surface area contributed by atoms with Gasteiger partial charge in [-0.1, -0.05) is 20.8 Å². The summed E-state index contributed by atoms with van der Waals surface area (Å²) in [5, 5.41) is 4.11. The molecule has 5 nitrogen and oxygen atoms in total. The van der Waals surface area contributed by atoms with Gasteiger partial charge in [-0.3, -0.25) is 14.3 Å². The van der Waals surface area contributed by atoms with Crippen LogP contribution in [0.4, 0.5) is 4.39 Å². The predicted molar refractivity (Wildman–Crippen MR) is 91.6 cm³/mol. The van der Waals surface area contributed by atoms with Gasteiger partial charge in [-0.2, -0.15) is 5.10 Å². The molecule has 0 aliphatic rings. The van der Waals surface area contributed by atoms with Crippen molar-refractivity contribution in [2.24, 2.45) is 5.41 Å². The number of halogens is 3. The third kappa shape index (κ3) is 3.80. The molecule has 0 unspecified atom stereocenters. The van der Waals surface area contributed by atoms with Gasteiger partial charge in [0, 0.05) is 18.5 Å². The summed E-state index contributed by atoms with van der Waals surface area (Å²) < 4.78 is 17.4. The fraction of sp³-hybridized carbons (Fsp3) is 0.400. The van der Waals surface area contributed by atoms with Gasteiger partial charge in [0.2, 0.25) is 6.29 Å². The average molecular weight is 448 g/mol. The van der Waals surface area contributed by atoms with Crippen molar-refractivity contribution >= 4 is 38.1 Å². The Balaban J connectivity index is 2.48. The molecule has 0 bridgehead atoms. The smallest absolute Gasteiger partial charge is 0.239 e. The van der Waals surface area contributed by atoms with Gasteiger partial charge in [0.25, 0.3) is 0 Å². The Bertz CT molecular complexity index is 793. The van der Waals surface area contributed by atoms with Crippen molar-refractivity contribution in [2.45, 2.75) is 33.4 Å². The van der Waals surface area contributed by atoms with Gasteiger partial charge in [-0.25, -0.2) is 4.39 Å². The molecule has 23 heavy (non-hydrogen) atoms. The predicted octanol–water partition coefficient (Wildman–Crippen LogP) is 3.45. The lowest BCUT2D eigenvalue weighted by Gasteiger charge is -2.33. The molecular formula is C15H15Br2FN3O2. The zero-order valence-electron chi connectivity index (χ0n) is 12.8. The zero-order chi connectivity index (χ0) is 17.4. The topological polar surface area (TPSA) is 56.9 Å². The van der Waals surface area contributed by atoms with E-state index < -0.39 is 5.82 Å². The van der Waals surface area contributed by atoms with Gasteiger partial charge in [-0.05, 0) is 37.3 Å². The highest BCUT2D eigenvalue weighted by Crippen LogP contribution is 2.33. The van der Waals surface area contributed by atoms with Gasteiger partial charge >= 0.3 is 0 Å². The van der Waals surface area contributed by atoms with Crippen LogP contribution in [0.3, 0.4) is 0 Å². The lowest BCUT2D eigenvalue weighted by atomic mass is 9.86. The summed E-state index contributed by atoms with van der Waals surface area (Å²) in [6, 6.07) is 1.16. The summed E-state index contributed by atoms with van der Waals surface area (Å²) >= 11 is 6.24. The average Bonchev–Trinajstić information content (AvgIpc) is 2.71. The molecule has 1 radical (unpaired) electrons. The molecule has 0 aliphatic heterocycles. The quantitative estimate of drug-likeness (QED) is 0.721. The molecule has 8 heteroatoms. The van der Waals surface area contributed by atoms with Crippen molar-refractivity contribution in [3.63, 3.8) is 0 Å². The fourth-order valence-corrected chi connectivity index (χ4v) is 3.32. The number of rotatable bonds is 4. The zero-order valence-corrected chi connectivity index (χ0v) is 16.0. The molecule has 2 rings (SSSR count). The van der Waals surface area contributed by atoms with Crippen LogP contribution in [-0.2, 0) is 11.3 Å². The maximum absolute atomic E-state index is 13.8. The van der Waals surface area contributed by atoms with E-state index in [1.807, 2.05) is 20.8 Å². The largest absolute Gasteiger partial charge is 0.348 e. The van der Waals surface area contributed by atoms with Crippen molar-refractivity contribution in [1.29, 1.82) is 0 Å². The molecule has 0 aliphatic carbocycles. The number of carbonyl (C=O) groups excluding carboxylic acids is 1. The van der Waals surface area contributed by atoms with Gasteiger partial charge in [-0.15, -0.1) is 0 Å². The molecule has 0 spiro atoms. The van der Waals surface area contributed by atoms with Crippen molar-refractivity contribution in [1.82, 2.24) is 14.3 Å². The summed E-state index contributed by atoms with van der Waals surface area (Å²) in [5.74, 6) is -0.473. The first-order valence-corrected chi connectivity index (χ1v) is 8.41. The van der Waals surface area contributed by atoms with Crippen molar-refractivity contribution in [3.8, 4) is 0 Å². The lowest BCUT2D eigenvalue weighted by Crippen LogP contribution is -2.30. The molecule has 0 fully saturated rings. The Morgan fingerprint density at radius 3 is 2.52 bits per heavy atom. The standard InChI is InChI=1S/C15H15Br2FN3O2/c1-15(2,3)11(7-21-14(17)12(18)13(16)19-21)20-5-4-10(23)9(6-20)8-22/h4-6,11H,7H2,1-3H3/t11-/m0/s1. The molecule has 0 saturated carbocycles. The third-order valence-corrected chi connectivity index (χ3v) is 4.82. The molecular weight excluding hydrogens is 433 g/mol. The minimum absolute atomic E-state index is 0.0337. The molecule has 1 atom stereocenters. The molecule has 0 amide bonds. The maximum Gasteiger partial charge on any atom is 0.239 e. The second-order valence-electron chi connectivity index (χ2n) is 6.23. The molecule has 0 N–H and O–H groups in total. The van der Waals surface area contributed by atoms with Crippen LogP contribution in [-0.4, -0.2) is 20.6 Å². The highest BCUT2D eigenvalue weighted by Gasteiger charge is 2.28. The van der Waals surface area contributed by atoms with Crippen LogP contribution in [0.5, 0.6) is 0 Å². The summed E-state index contributed by atoms with van der Waals surface area (Å²) in [4.78, 5) is 22.5. The van der Waals surface area contributed by atoms with Gasteiger partial charge < -0.3 is 4.57 Å². The number of nitrogens with zero attached hydrogens (tertiary/aromatic N) is 3. The maximum atomic E-state index is 13.8. The number of hydrogen-bond acceptors (Lipinski definition) is 3. The molecule has 2 aromatic rings. The number of pyridine rings is 1. The third-order valence-electron chi connectivity index (χ3n) is 3.55. The second kappa shape index (κ2) is 6.68. The lowest BCUT2D eigenvalue weighted by molar-refractivity contribution is 0.206. The molecule has 0 saturated heterocycles. The van der Waals surface area contributed by atoms with E-state index in [1.54, 1.807) is 17.1 Å². The normalized spacial score (nSPS) is 13.1. The van der Waals surface area contributed by atoms with Crippen molar-refractivity contribution in [2.75, 3.05) is 0 Å². The minimum atomic E-state index is -0.473. The van der Waals surface area contributed by atoms with Crippen molar-refractivity contribution in [3.05, 3.63) is 49.3 Å². The fourth-order valence-electron chi connectivity index (χ4n) is 2.26. The highest BCUT2D eigenvalue weighted by molar-refractivity contribution is 9.11. The van der Waals surface area contributed by atoms with E-state index in [1.165, 1.54) is 16.9 Å². The monoisotopic (exact) mass is 446 g/mol. The summed E-state index contributed by atoms with van der Waals surface area (Å²) in [6.07, 6.45) is 4.73. The first-order chi connectivity index (χ1) is 10.6. The first kappa shape index (κ1) is 18.1. The van der Waals surface area contributed by atoms with Crippen LogP contribution in [0, 0.1) is 11.2 Å². The van der Waals surface area contributed by atoms with Crippen LogP contribution in [0.1, 0.15) is 32.4 Å². The summed E-state index contributed by atoms with van der Waals surface area (Å²) in [5.41, 5.74) is -0.643. The summed E-state index contributed by atoms with van der Waals surface area (Å²) in [7, 11) is 0. The van der Waals surface area contributed by atoms with Crippen molar-refractivity contribution < 1.29 is 9.18 Å². The number of hydrogen-bond donors (Lipinski definition) is 0. The van der Waals surface area contributed by atoms with E-state index in [-0.39, 0.29) is 31.7 Å². The van der Waals surface area contributed by atoms with E-state index in [0.29, 0.717) is 6.54 Å². The van der Waals surface area contributed by atoms with Gasteiger partial charge in [0.15, 0.2) is 15.8 Å². The Labute approximate surface area is 149 Å². The molecule has 2 heterocycles. The first-order valence-electron chi connectivity index (χ1n) is 6.82. The van der Waals surface area contributed by atoms with E-state index in [9.17, 15) is 14.0 Å². The van der Waals surface area contributed by atoms with Crippen LogP contribution in [0.15, 0.2) is 32.5 Å². The minimum Gasteiger partial charge on any atom is -0.348 e. The highest BCUT2D eigenvalue weighted by atomic mass is 79.9. The van der Waals surface area contributed by atoms with Gasteiger partial charge in [0.05, 0.1) is 18.2 Å². The molecule has 0 aromatic carbocycles. The Morgan fingerprint density at radius 1 is 1.39 bits per heavy atom. The van der Waals surface area contributed by atoms with Crippen LogP contribution in [0.25, 0.3) is 0 Å². The second-order valence-corrected chi connectivity index (χ2v) is 7.73. The Morgan fingerprint density at radius 2 is 2.04 bits per heavy atom.